The molecule has 6 aromatic rings. The van der Waals surface area contributed by atoms with Gasteiger partial charge in [-0.3, -0.25) is 0 Å². The van der Waals surface area contributed by atoms with Crippen LogP contribution in [0.3, 0.4) is 0 Å². The number of pyridine rings is 3. The Morgan fingerprint density at radius 2 is 1.19 bits per heavy atom. The van der Waals surface area contributed by atoms with E-state index in [0.29, 0.717) is 6.54 Å². The topological polar surface area (TPSA) is 110 Å². The van der Waals surface area contributed by atoms with E-state index in [9.17, 15) is 0 Å². The van der Waals surface area contributed by atoms with Crippen molar-refractivity contribution < 1.29 is 24.5 Å². The predicted molar refractivity (Wildman–Crippen MR) is 184 cm³/mol. The molecule has 0 bridgehead atoms. The summed E-state index contributed by atoms with van der Waals surface area (Å²) < 4.78 is 8.96. The van der Waals surface area contributed by atoms with E-state index in [2.05, 4.69) is 72.8 Å². The van der Waals surface area contributed by atoms with E-state index in [0.717, 1.165) is 57.0 Å². The Labute approximate surface area is 291 Å². The van der Waals surface area contributed by atoms with Crippen LogP contribution in [0, 0.1) is 61.5 Å². The second-order valence-electron chi connectivity index (χ2n) is 11.2. The van der Waals surface area contributed by atoms with Crippen LogP contribution < -0.4 is 10.5 Å². The van der Waals surface area contributed by atoms with Crippen LogP contribution in [0.1, 0.15) is 50.6 Å². The Morgan fingerprint density at radius 3 is 1.62 bits per heavy atom. The first-order chi connectivity index (χ1) is 22.0. The van der Waals surface area contributed by atoms with Gasteiger partial charge in [-0.15, -0.1) is 35.4 Å². The number of hydrogen-bond donors (Lipinski definition) is 1. The summed E-state index contributed by atoms with van der Waals surface area (Å²) in [6, 6.07) is 20.7. The van der Waals surface area contributed by atoms with Gasteiger partial charge in [-0.25, -0.2) is 19.3 Å². The zero-order valence-corrected chi connectivity index (χ0v) is 31.1. The van der Waals surface area contributed by atoms with Gasteiger partial charge < -0.3 is 15.5 Å². The fourth-order valence-electron chi connectivity index (χ4n) is 4.63. The van der Waals surface area contributed by atoms with E-state index >= 15 is 0 Å². The first-order valence-electron chi connectivity index (χ1n) is 15.1. The van der Waals surface area contributed by atoms with Crippen molar-refractivity contribution in [3.63, 3.8) is 0 Å². The van der Waals surface area contributed by atoms with Crippen LogP contribution in [0.4, 0.5) is 0 Å². The number of nitrogens with zero attached hydrogens (tertiary/aromatic N) is 7. The zero-order valence-electron chi connectivity index (χ0n) is 28.6. The largest absolute Gasteiger partial charge is 1.00 e. The molecule has 0 aliphatic rings. The zero-order chi connectivity index (χ0) is 33.4. The number of rotatable bonds is 5. The summed E-state index contributed by atoms with van der Waals surface area (Å²) in [6.45, 7) is 17.0. The average molecular weight is 806 g/mol. The SMILES string of the molecule is COc1ccnc(-c2[c-]ccc(CN)c2)c1.Cc1ccnc(-n2nc(C)c(C)c2C)c1.Cc1ccnc(-n2nc(C)c(C)c2C)c1.[Os+]. The number of methoxy groups -OCH3 is 1. The molecule has 6 rings (SSSR count). The minimum Gasteiger partial charge on any atom is -0.497 e. The van der Waals surface area contributed by atoms with Crippen LogP contribution >= 0.6 is 0 Å². The van der Waals surface area contributed by atoms with E-state index < -0.39 is 0 Å². The number of nitrogens with two attached hydrogens (primary N) is 1. The van der Waals surface area contributed by atoms with Gasteiger partial charge in [-0.05, 0) is 120 Å². The summed E-state index contributed by atoms with van der Waals surface area (Å²) >= 11 is 0. The van der Waals surface area contributed by atoms with Crippen LogP contribution in [0.2, 0.25) is 0 Å². The number of ether oxygens (including phenoxy) is 1. The first kappa shape index (κ1) is 36.9. The molecule has 5 heterocycles. The molecule has 5 aromatic heterocycles. The molecule has 0 fully saturated rings. The fourth-order valence-corrected chi connectivity index (χ4v) is 4.63. The van der Waals surface area contributed by atoms with Crippen LogP contribution in [0.15, 0.2) is 73.2 Å². The molecule has 0 atom stereocenters. The van der Waals surface area contributed by atoms with Crippen LogP contribution in [0.5, 0.6) is 5.75 Å². The molecule has 245 valence electrons. The Kier molecular flexibility index (Phi) is 13.3. The maximum atomic E-state index is 5.59. The van der Waals surface area contributed by atoms with E-state index in [4.69, 9.17) is 10.5 Å². The molecule has 0 unspecified atom stereocenters. The quantitative estimate of drug-likeness (QED) is 0.187. The average Bonchev–Trinajstić information content (AvgIpc) is 3.49. The van der Waals surface area contributed by atoms with Gasteiger partial charge in [-0.2, -0.15) is 10.2 Å². The van der Waals surface area contributed by atoms with Crippen molar-refractivity contribution in [3.05, 3.63) is 130 Å². The smallest absolute Gasteiger partial charge is 0.497 e. The van der Waals surface area contributed by atoms with Crippen LogP contribution in [0.25, 0.3) is 22.9 Å². The monoisotopic (exact) mass is 807 g/mol. The molecular weight excluding hydrogens is 763 g/mol. The summed E-state index contributed by atoms with van der Waals surface area (Å²) in [7, 11) is 1.64. The normalized spacial score (nSPS) is 10.3. The minimum atomic E-state index is 0. The maximum Gasteiger partial charge on any atom is 1.00 e. The molecule has 9 nitrogen and oxygen atoms in total. The van der Waals surface area contributed by atoms with Crippen molar-refractivity contribution >= 4 is 0 Å². The van der Waals surface area contributed by atoms with E-state index in [1.165, 1.54) is 22.3 Å². The van der Waals surface area contributed by atoms with E-state index in [1.807, 2.05) is 90.2 Å². The third-order valence-corrected chi connectivity index (χ3v) is 7.89. The summed E-state index contributed by atoms with van der Waals surface area (Å²) in [5, 5.41) is 8.95. The minimum absolute atomic E-state index is 0. The van der Waals surface area contributed by atoms with Gasteiger partial charge in [0, 0.05) is 36.5 Å². The summed E-state index contributed by atoms with van der Waals surface area (Å²) in [5.41, 5.74) is 17.8. The number of aromatic nitrogens is 7. The molecule has 0 spiro atoms. The fraction of sp³-hybridized carbons (Fsp3) is 0.270. The van der Waals surface area contributed by atoms with Crippen molar-refractivity contribution in [3.8, 4) is 28.6 Å². The van der Waals surface area contributed by atoms with Gasteiger partial charge in [0.2, 0.25) is 0 Å². The Balaban J connectivity index is 0.000000190. The predicted octanol–water partition coefficient (Wildman–Crippen LogP) is 7.02. The molecule has 10 heteroatoms. The maximum absolute atomic E-state index is 5.59. The van der Waals surface area contributed by atoms with Gasteiger partial charge in [0.25, 0.3) is 0 Å². The van der Waals surface area contributed by atoms with Gasteiger partial charge in [0.15, 0.2) is 11.6 Å². The molecule has 0 saturated carbocycles. The second kappa shape index (κ2) is 16.9. The molecule has 0 aliphatic heterocycles. The molecule has 1 radical (unpaired) electrons. The molecule has 0 amide bonds. The van der Waals surface area contributed by atoms with Crippen molar-refractivity contribution in [2.24, 2.45) is 5.73 Å². The summed E-state index contributed by atoms with van der Waals surface area (Å²) in [4.78, 5) is 12.9. The standard InChI is InChI=1S/C13H13N2O.2C12H15N3.Os/c1-16-12-5-6-15-13(8-12)11-4-2-3-10(7-11)9-14;2*1-8-5-6-13-12(7-8)15-11(4)9(2)10(3)14-15;/h2-3,5-8H,9,14H2,1H3;2*5-7H,1-4H3;/q-1;;;+1. The second-order valence-corrected chi connectivity index (χ2v) is 11.2. The first-order valence-corrected chi connectivity index (χ1v) is 15.1. The van der Waals surface area contributed by atoms with Gasteiger partial charge in [0.05, 0.1) is 18.5 Å². The number of benzene rings is 1. The molecular formula is C37H43N8OOs. The third kappa shape index (κ3) is 9.28. The van der Waals surface area contributed by atoms with Crippen molar-refractivity contribution in [1.82, 2.24) is 34.5 Å². The van der Waals surface area contributed by atoms with Crippen molar-refractivity contribution in [2.75, 3.05) is 7.11 Å². The third-order valence-electron chi connectivity index (χ3n) is 7.89. The van der Waals surface area contributed by atoms with Gasteiger partial charge >= 0.3 is 19.8 Å². The van der Waals surface area contributed by atoms with Crippen molar-refractivity contribution in [2.45, 2.75) is 61.9 Å². The van der Waals surface area contributed by atoms with Crippen LogP contribution in [-0.4, -0.2) is 41.6 Å². The van der Waals surface area contributed by atoms with Crippen LogP contribution in [-0.2, 0) is 26.3 Å². The molecule has 0 aliphatic carbocycles. The molecule has 47 heavy (non-hydrogen) atoms. The molecule has 0 saturated heterocycles. The Morgan fingerprint density at radius 1 is 0.681 bits per heavy atom. The molecule has 2 N–H and O–H groups in total. The number of aryl methyl sites for hydroxylation is 4. The summed E-state index contributed by atoms with van der Waals surface area (Å²) in [6.07, 6.45) is 5.35. The van der Waals surface area contributed by atoms with E-state index in [1.54, 1.807) is 13.3 Å². The Bertz CT molecular complexity index is 1790. The Hall–Kier alpha value is -4.51. The molecule has 1 aromatic carbocycles. The van der Waals surface area contributed by atoms with Gasteiger partial charge in [-0.1, -0.05) is 0 Å². The summed E-state index contributed by atoms with van der Waals surface area (Å²) in [5.74, 6) is 2.57. The number of hydrogen-bond acceptors (Lipinski definition) is 7. The van der Waals surface area contributed by atoms with E-state index in [-0.39, 0.29) is 19.8 Å². The van der Waals surface area contributed by atoms with Gasteiger partial charge in [0.1, 0.15) is 5.75 Å². The van der Waals surface area contributed by atoms with Crippen molar-refractivity contribution in [1.29, 1.82) is 0 Å².